The van der Waals surface area contributed by atoms with E-state index in [9.17, 15) is 31.1 Å². The first-order valence-electron chi connectivity index (χ1n) is 11.4. The highest BCUT2D eigenvalue weighted by Gasteiger charge is 2.43. The maximum Gasteiger partial charge on any atom is 0.416 e. The second-order valence-corrected chi connectivity index (χ2v) is 8.40. The second kappa shape index (κ2) is 11.9. The molecule has 0 spiro atoms. The Morgan fingerprint density at radius 1 is 1.11 bits per heavy atom. The molecule has 0 saturated heterocycles. The van der Waals surface area contributed by atoms with Gasteiger partial charge in [-0.25, -0.2) is 10.4 Å². The van der Waals surface area contributed by atoms with E-state index in [0.717, 1.165) is 0 Å². The Bertz CT molecular complexity index is 1130. The van der Waals surface area contributed by atoms with Crippen LogP contribution in [0.25, 0.3) is 0 Å². The first kappa shape index (κ1) is 29.0. The molecule has 0 saturated carbocycles. The monoisotopic (exact) mass is 545 g/mol. The summed E-state index contributed by atoms with van der Waals surface area (Å²) >= 11 is 0. The predicted molar refractivity (Wildman–Crippen MR) is 125 cm³/mol. The zero-order valence-corrected chi connectivity index (χ0v) is 20.0. The third-order valence-corrected chi connectivity index (χ3v) is 5.48. The molecule has 1 amide bonds. The highest BCUT2D eigenvalue weighted by molar-refractivity contribution is 6.00. The van der Waals surface area contributed by atoms with Crippen molar-refractivity contribution in [3.05, 3.63) is 77.4 Å². The number of aliphatic hydroxyl groups is 1. The maximum atomic E-state index is 13.1. The van der Waals surface area contributed by atoms with E-state index < -0.39 is 41.5 Å². The molecule has 7 nitrogen and oxygen atoms in total. The number of nitrogens with one attached hydrogen (secondary N) is 2. The van der Waals surface area contributed by atoms with E-state index in [1.54, 1.807) is 24.3 Å². The van der Waals surface area contributed by atoms with Gasteiger partial charge in [0.1, 0.15) is 12.4 Å². The summed E-state index contributed by atoms with van der Waals surface area (Å²) < 4.78 is 89.6. The van der Waals surface area contributed by atoms with Crippen LogP contribution in [0.5, 0.6) is 5.75 Å². The van der Waals surface area contributed by atoms with Gasteiger partial charge < -0.3 is 14.6 Å². The molecule has 0 aromatic heterocycles. The van der Waals surface area contributed by atoms with Gasteiger partial charge in [-0.05, 0) is 48.0 Å². The minimum absolute atomic E-state index is 0.000421. The molecule has 0 bridgehead atoms. The molecule has 2 aromatic rings. The first-order chi connectivity index (χ1) is 17.9. The Morgan fingerprint density at radius 2 is 1.74 bits per heavy atom. The average Bonchev–Trinajstić information content (AvgIpc) is 3.29. The highest BCUT2D eigenvalue weighted by Crippen LogP contribution is 2.36. The topological polar surface area (TPSA) is 92.2 Å². The van der Waals surface area contributed by atoms with Crippen LogP contribution in [0.3, 0.4) is 0 Å². The number of benzene rings is 2. The van der Waals surface area contributed by atoms with Crippen molar-refractivity contribution in [2.24, 2.45) is 4.99 Å². The maximum absolute atomic E-state index is 13.1. The zero-order valence-electron chi connectivity index (χ0n) is 20.0. The normalized spacial score (nSPS) is 17.5. The lowest BCUT2D eigenvalue weighted by molar-refractivity contribution is -0.143. The third-order valence-electron chi connectivity index (χ3n) is 5.48. The molecule has 206 valence electrons. The van der Waals surface area contributed by atoms with Crippen LogP contribution in [0.15, 0.2) is 60.1 Å². The van der Waals surface area contributed by atoms with Crippen molar-refractivity contribution in [1.29, 1.82) is 0 Å². The number of aliphatic imine (C=N–C) groups is 1. The standard InChI is InChI=1S/C25H25F6N3O4/c1-2-8-23(15-38-21(33-23)17-4-6-20(7-5-17)37-10-3-9-35)22(36)34-32-14-16-11-18(24(26,27)28)13-19(12-16)25(29,30)31/h2,4-7,11-13,32,35H,1,3,8-10,14-15H2,(H,34,36)/t23-/m0/s1. The SMILES string of the molecule is C=CC[C@@]1(C(=O)NNCc2cc(C(F)(F)F)cc(C(F)(F)F)c2)COC(c2ccc(OCCCO)cc2)=N1. The molecule has 13 heteroatoms. The molecule has 1 aliphatic heterocycles. The fourth-order valence-corrected chi connectivity index (χ4v) is 3.56. The van der Waals surface area contributed by atoms with Crippen LogP contribution in [0.4, 0.5) is 26.3 Å². The number of halogens is 6. The molecule has 38 heavy (non-hydrogen) atoms. The molecule has 3 rings (SSSR count). The van der Waals surface area contributed by atoms with Crippen molar-refractivity contribution in [2.75, 3.05) is 19.8 Å². The number of rotatable bonds is 11. The van der Waals surface area contributed by atoms with Crippen molar-refractivity contribution < 1.29 is 45.7 Å². The highest BCUT2D eigenvalue weighted by atomic mass is 19.4. The third kappa shape index (κ3) is 7.25. The van der Waals surface area contributed by atoms with Gasteiger partial charge in [-0.2, -0.15) is 26.3 Å². The summed E-state index contributed by atoms with van der Waals surface area (Å²) in [6.07, 6.45) is -8.00. The van der Waals surface area contributed by atoms with E-state index in [4.69, 9.17) is 14.6 Å². The van der Waals surface area contributed by atoms with Gasteiger partial charge in [-0.15, -0.1) is 6.58 Å². The molecular weight excluding hydrogens is 520 g/mol. The van der Waals surface area contributed by atoms with Gasteiger partial charge in [0.15, 0.2) is 5.54 Å². The Morgan fingerprint density at radius 3 is 2.29 bits per heavy atom. The molecule has 1 heterocycles. The van der Waals surface area contributed by atoms with E-state index in [2.05, 4.69) is 22.4 Å². The Kier molecular flexibility index (Phi) is 9.05. The fourth-order valence-electron chi connectivity index (χ4n) is 3.56. The summed E-state index contributed by atoms with van der Waals surface area (Å²) in [5.41, 5.74) is 0.525. The van der Waals surface area contributed by atoms with E-state index in [0.29, 0.717) is 36.5 Å². The van der Waals surface area contributed by atoms with Crippen LogP contribution in [0.1, 0.15) is 35.1 Å². The zero-order chi connectivity index (χ0) is 28.0. The van der Waals surface area contributed by atoms with Gasteiger partial charge in [-0.1, -0.05) is 6.08 Å². The van der Waals surface area contributed by atoms with Gasteiger partial charge in [0.25, 0.3) is 5.91 Å². The minimum Gasteiger partial charge on any atom is -0.494 e. The number of nitrogens with zero attached hydrogens (tertiary/aromatic N) is 1. The molecule has 2 aromatic carbocycles. The van der Waals surface area contributed by atoms with E-state index in [-0.39, 0.29) is 37.2 Å². The molecule has 1 aliphatic rings. The lowest BCUT2D eigenvalue weighted by atomic mass is 9.97. The molecule has 0 unspecified atom stereocenters. The predicted octanol–water partition coefficient (Wildman–Crippen LogP) is 4.40. The molecule has 0 aliphatic carbocycles. The average molecular weight is 545 g/mol. The Hall–Kier alpha value is -3.58. The van der Waals surface area contributed by atoms with Gasteiger partial charge in [0, 0.05) is 31.6 Å². The molecule has 3 N–H and O–H groups in total. The summed E-state index contributed by atoms with van der Waals surface area (Å²) in [5.74, 6) is 0.0133. The van der Waals surface area contributed by atoms with Crippen LogP contribution in [0.2, 0.25) is 0 Å². The van der Waals surface area contributed by atoms with Crippen molar-refractivity contribution in [3.63, 3.8) is 0 Å². The molecule has 0 radical (unpaired) electrons. The van der Waals surface area contributed by atoms with Crippen LogP contribution in [0, 0.1) is 0 Å². The van der Waals surface area contributed by atoms with Crippen LogP contribution >= 0.6 is 0 Å². The number of hydrazine groups is 1. The van der Waals surface area contributed by atoms with Crippen molar-refractivity contribution in [1.82, 2.24) is 10.9 Å². The van der Waals surface area contributed by atoms with Crippen molar-refractivity contribution >= 4 is 11.8 Å². The fraction of sp³-hybridized carbons (Fsp3) is 0.360. The molecule has 0 fully saturated rings. The smallest absolute Gasteiger partial charge is 0.416 e. The number of ether oxygens (including phenoxy) is 2. The number of aliphatic hydroxyl groups excluding tert-OH is 1. The largest absolute Gasteiger partial charge is 0.494 e. The van der Waals surface area contributed by atoms with Gasteiger partial charge in [0.05, 0.1) is 17.7 Å². The summed E-state index contributed by atoms with van der Waals surface area (Å²) in [6.45, 7) is 3.27. The van der Waals surface area contributed by atoms with Crippen molar-refractivity contribution in [3.8, 4) is 5.75 Å². The van der Waals surface area contributed by atoms with Crippen LogP contribution < -0.4 is 15.6 Å². The van der Waals surface area contributed by atoms with Crippen molar-refractivity contribution in [2.45, 2.75) is 37.3 Å². The second-order valence-electron chi connectivity index (χ2n) is 8.40. The Labute approximate surface area is 214 Å². The van der Waals surface area contributed by atoms with Crippen LogP contribution in [-0.2, 0) is 28.4 Å². The van der Waals surface area contributed by atoms with Gasteiger partial charge in [0.2, 0.25) is 5.90 Å². The van der Waals surface area contributed by atoms with E-state index >= 15 is 0 Å². The van der Waals surface area contributed by atoms with Gasteiger partial charge >= 0.3 is 12.4 Å². The quantitative estimate of drug-likeness (QED) is 0.169. The number of alkyl halides is 6. The summed E-state index contributed by atoms with van der Waals surface area (Å²) in [4.78, 5) is 17.4. The Balaban J connectivity index is 1.71. The number of amides is 1. The first-order valence-corrected chi connectivity index (χ1v) is 11.4. The number of carbonyl (C=O) groups excluding carboxylic acids is 1. The summed E-state index contributed by atoms with van der Waals surface area (Å²) in [5, 5.41) is 8.82. The summed E-state index contributed by atoms with van der Waals surface area (Å²) in [6, 6.07) is 7.83. The number of hydrogen-bond acceptors (Lipinski definition) is 6. The van der Waals surface area contributed by atoms with Gasteiger partial charge in [-0.3, -0.25) is 10.2 Å². The molecule has 1 atom stereocenters. The van der Waals surface area contributed by atoms with E-state index in [1.165, 1.54) is 6.08 Å². The number of carbonyl (C=O) groups is 1. The number of hydrogen-bond donors (Lipinski definition) is 3. The van der Waals surface area contributed by atoms with E-state index in [1.807, 2.05) is 0 Å². The lowest BCUT2D eigenvalue weighted by Crippen LogP contribution is -2.51. The molecular formula is C25H25F6N3O4. The lowest BCUT2D eigenvalue weighted by Gasteiger charge is -2.22. The minimum atomic E-state index is -4.98. The summed E-state index contributed by atoms with van der Waals surface area (Å²) in [7, 11) is 0. The van der Waals surface area contributed by atoms with Crippen LogP contribution in [-0.4, -0.2) is 42.3 Å².